The minimum atomic E-state index is -0.788. The molecule has 0 heterocycles. The number of allylic oxidation sites excluding steroid dienone is 3. The molecule has 3 nitrogen and oxygen atoms in total. The van der Waals surface area contributed by atoms with Gasteiger partial charge in [-0.05, 0) is 80.1 Å². The highest BCUT2D eigenvalue weighted by Crippen LogP contribution is 2.40. The monoisotopic (exact) mass is 397 g/mol. The van der Waals surface area contributed by atoms with Crippen molar-refractivity contribution in [1.29, 1.82) is 0 Å². The highest BCUT2D eigenvalue weighted by atomic mass is 19.1. The van der Waals surface area contributed by atoms with E-state index in [2.05, 4.69) is 36.5 Å². The van der Waals surface area contributed by atoms with Gasteiger partial charge >= 0.3 is 5.97 Å². The molecule has 1 aromatic rings. The first-order valence-corrected chi connectivity index (χ1v) is 11.1. The van der Waals surface area contributed by atoms with Crippen LogP contribution in [0, 0.1) is 5.92 Å². The van der Waals surface area contributed by atoms with Crippen molar-refractivity contribution in [3.8, 4) is 0 Å². The molecule has 1 aromatic carbocycles. The van der Waals surface area contributed by atoms with Gasteiger partial charge in [0.2, 0.25) is 0 Å². The van der Waals surface area contributed by atoms with Gasteiger partial charge in [0.05, 0.1) is 6.42 Å². The van der Waals surface area contributed by atoms with Crippen LogP contribution in [0.15, 0.2) is 47.6 Å². The highest BCUT2D eigenvalue weighted by molar-refractivity contribution is 5.70. The summed E-state index contributed by atoms with van der Waals surface area (Å²) in [5.74, 6) is -0.155. The molecule has 4 heteroatoms. The minimum absolute atomic E-state index is 0.0826. The van der Waals surface area contributed by atoms with Crippen LogP contribution in [0.2, 0.25) is 0 Å². The Hall–Kier alpha value is -1.94. The van der Waals surface area contributed by atoms with Crippen molar-refractivity contribution in [1.82, 2.24) is 5.32 Å². The molecule has 0 radical (unpaired) electrons. The number of halogens is 1. The van der Waals surface area contributed by atoms with Gasteiger partial charge < -0.3 is 10.4 Å². The van der Waals surface area contributed by atoms with Crippen molar-refractivity contribution >= 4 is 5.97 Å². The van der Waals surface area contributed by atoms with Crippen LogP contribution in [0.25, 0.3) is 0 Å². The van der Waals surface area contributed by atoms with Crippen LogP contribution >= 0.6 is 0 Å². The fourth-order valence-corrected chi connectivity index (χ4v) is 5.56. The molecule has 29 heavy (non-hydrogen) atoms. The Morgan fingerprint density at radius 1 is 1.21 bits per heavy atom. The normalized spacial score (nSPS) is 30.3. The van der Waals surface area contributed by atoms with Crippen molar-refractivity contribution < 1.29 is 14.3 Å². The van der Waals surface area contributed by atoms with Crippen LogP contribution in [0.1, 0.15) is 68.9 Å². The SMILES string of the molecule is C[C@@H](N[C@H]1CC[C@@H](c2ccc(CC(=O)O)cc2)C1)C1=C2C=CCCC2C(F)CC1. The summed E-state index contributed by atoms with van der Waals surface area (Å²) in [5, 5.41) is 12.8. The van der Waals surface area contributed by atoms with Gasteiger partial charge in [-0.3, -0.25) is 4.79 Å². The van der Waals surface area contributed by atoms with E-state index in [0.717, 1.165) is 44.1 Å². The first-order chi connectivity index (χ1) is 14.0. The standard InChI is InChI=1S/C25H32FNO2/c1-16(21-12-13-24(26)23-5-3-2-4-22(21)23)27-20-11-10-19(15-20)18-8-6-17(7-9-18)14-25(28)29/h2,4,6-9,16,19-20,23-24,27H,3,5,10-15H2,1H3,(H,28,29)/t16-,19-,20+,23?,24?/m1/s1. The van der Waals surface area contributed by atoms with Gasteiger partial charge in [0.1, 0.15) is 6.17 Å². The lowest BCUT2D eigenvalue weighted by Gasteiger charge is -2.35. The number of carboxylic acids is 1. The summed E-state index contributed by atoms with van der Waals surface area (Å²) in [5.41, 5.74) is 4.85. The number of nitrogens with one attached hydrogen (secondary N) is 1. The molecule has 0 bridgehead atoms. The van der Waals surface area contributed by atoms with Crippen LogP contribution in [0.4, 0.5) is 4.39 Å². The summed E-state index contributed by atoms with van der Waals surface area (Å²) in [6, 6.07) is 8.87. The lowest BCUT2D eigenvalue weighted by molar-refractivity contribution is -0.136. The van der Waals surface area contributed by atoms with Gasteiger partial charge in [0.15, 0.2) is 0 Å². The van der Waals surface area contributed by atoms with Crippen LogP contribution in [0.3, 0.4) is 0 Å². The lowest BCUT2D eigenvalue weighted by atomic mass is 9.74. The zero-order valence-electron chi connectivity index (χ0n) is 17.2. The first kappa shape index (κ1) is 20.3. The van der Waals surface area contributed by atoms with Crippen molar-refractivity contribution in [2.24, 2.45) is 5.92 Å². The van der Waals surface area contributed by atoms with E-state index in [1.54, 1.807) is 0 Å². The van der Waals surface area contributed by atoms with Crippen LogP contribution in [0.5, 0.6) is 0 Å². The second-order valence-corrected chi connectivity index (χ2v) is 9.03. The summed E-state index contributed by atoms with van der Waals surface area (Å²) < 4.78 is 14.4. The van der Waals surface area contributed by atoms with Crippen molar-refractivity contribution in [2.45, 2.75) is 82.5 Å². The number of hydrogen-bond donors (Lipinski definition) is 2. The fraction of sp³-hybridized carbons (Fsp3) is 0.560. The number of carboxylic acid groups (broad SMARTS) is 1. The van der Waals surface area contributed by atoms with Gasteiger partial charge in [-0.15, -0.1) is 0 Å². The van der Waals surface area contributed by atoms with Crippen LogP contribution in [-0.4, -0.2) is 29.3 Å². The Kier molecular flexibility index (Phi) is 6.19. The van der Waals surface area contributed by atoms with Crippen LogP contribution in [-0.2, 0) is 11.2 Å². The van der Waals surface area contributed by atoms with E-state index in [4.69, 9.17) is 5.11 Å². The minimum Gasteiger partial charge on any atom is -0.481 e. The summed E-state index contributed by atoms with van der Waals surface area (Å²) in [7, 11) is 0. The smallest absolute Gasteiger partial charge is 0.307 e. The number of hydrogen-bond acceptors (Lipinski definition) is 2. The molecule has 1 saturated carbocycles. The van der Waals surface area contributed by atoms with Gasteiger partial charge in [-0.25, -0.2) is 4.39 Å². The van der Waals surface area contributed by atoms with E-state index in [1.165, 1.54) is 16.7 Å². The molecular formula is C25H32FNO2. The largest absolute Gasteiger partial charge is 0.481 e. The molecule has 0 aliphatic heterocycles. The maximum atomic E-state index is 14.4. The Labute approximate surface area is 173 Å². The van der Waals surface area contributed by atoms with Crippen molar-refractivity contribution in [3.05, 3.63) is 58.7 Å². The molecule has 3 aliphatic rings. The number of aliphatic carboxylic acids is 1. The van der Waals surface area contributed by atoms with Gasteiger partial charge in [0, 0.05) is 18.0 Å². The number of fused-ring (bicyclic) bond motifs is 1. The van der Waals surface area contributed by atoms with Gasteiger partial charge in [0.25, 0.3) is 0 Å². The molecule has 0 spiro atoms. The zero-order chi connectivity index (χ0) is 20.4. The first-order valence-electron chi connectivity index (χ1n) is 11.1. The predicted molar refractivity (Wildman–Crippen MR) is 114 cm³/mol. The van der Waals surface area contributed by atoms with Crippen molar-refractivity contribution in [2.75, 3.05) is 0 Å². The molecule has 1 fully saturated rings. The number of benzene rings is 1. The second-order valence-electron chi connectivity index (χ2n) is 9.03. The molecule has 4 rings (SSSR count). The summed E-state index contributed by atoms with van der Waals surface area (Å²) in [4.78, 5) is 10.9. The molecule has 156 valence electrons. The molecule has 2 unspecified atom stereocenters. The van der Waals surface area contributed by atoms with Gasteiger partial charge in [-0.1, -0.05) is 36.4 Å². The van der Waals surface area contributed by atoms with E-state index >= 15 is 0 Å². The molecular weight excluding hydrogens is 365 g/mol. The Bertz CT molecular complexity index is 798. The third-order valence-electron chi connectivity index (χ3n) is 7.09. The number of alkyl halides is 1. The zero-order valence-corrected chi connectivity index (χ0v) is 17.2. The average molecular weight is 398 g/mol. The fourth-order valence-electron chi connectivity index (χ4n) is 5.56. The topological polar surface area (TPSA) is 49.3 Å². The Morgan fingerprint density at radius 3 is 2.76 bits per heavy atom. The number of carbonyl (C=O) groups is 1. The van der Waals surface area contributed by atoms with E-state index < -0.39 is 12.1 Å². The highest BCUT2D eigenvalue weighted by Gasteiger charge is 2.34. The van der Waals surface area contributed by atoms with E-state index in [1.807, 2.05) is 12.1 Å². The summed E-state index contributed by atoms with van der Waals surface area (Å²) in [6.45, 7) is 2.24. The second kappa shape index (κ2) is 8.83. The maximum absolute atomic E-state index is 14.4. The maximum Gasteiger partial charge on any atom is 0.307 e. The molecule has 0 saturated heterocycles. The third kappa shape index (κ3) is 4.63. The molecule has 0 amide bonds. The van der Waals surface area contributed by atoms with Gasteiger partial charge in [-0.2, -0.15) is 0 Å². The quantitative estimate of drug-likeness (QED) is 0.683. The number of rotatable bonds is 6. The summed E-state index contributed by atoms with van der Waals surface area (Å²) in [6.07, 6.45) is 10.7. The molecule has 0 aromatic heterocycles. The average Bonchev–Trinajstić information content (AvgIpc) is 3.17. The molecule has 3 aliphatic carbocycles. The Balaban J connectivity index is 1.38. The molecule has 2 N–H and O–H groups in total. The third-order valence-corrected chi connectivity index (χ3v) is 7.09. The molecule has 5 atom stereocenters. The van der Waals surface area contributed by atoms with E-state index in [9.17, 15) is 9.18 Å². The van der Waals surface area contributed by atoms with Crippen LogP contribution < -0.4 is 5.32 Å². The van der Waals surface area contributed by atoms with E-state index in [0.29, 0.717) is 24.4 Å². The lowest BCUT2D eigenvalue weighted by Crippen LogP contribution is -2.39. The Morgan fingerprint density at radius 2 is 2.00 bits per heavy atom. The summed E-state index contributed by atoms with van der Waals surface area (Å²) >= 11 is 0. The predicted octanol–water partition coefficient (Wildman–Crippen LogP) is 5.32. The van der Waals surface area contributed by atoms with E-state index in [-0.39, 0.29) is 12.3 Å². The van der Waals surface area contributed by atoms with Crippen molar-refractivity contribution in [3.63, 3.8) is 0 Å².